The summed E-state index contributed by atoms with van der Waals surface area (Å²) < 4.78 is 0. The SMILES string of the molecule is CCN(CC)CC(C)NCCc1ccc([N+](=O)[O-])cc1. The van der Waals surface area contributed by atoms with Crippen molar-refractivity contribution >= 4 is 5.69 Å². The van der Waals surface area contributed by atoms with Crippen molar-refractivity contribution in [1.29, 1.82) is 0 Å². The van der Waals surface area contributed by atoms with Gasteiger partial charge in [0.2, 0.25) is 0 Å². The Morgan fingerprint density at radius 3 is 2.35 bits per heavy atom. The number of non-ortho nitro benzene ring substituents is 1. The zero-order valence-electron chi connectivity index (χ0n) is 12.6. The van der Waals surface area contributed by atoms with Gasteiger partial charge in [0.1, 0.15) is 0 Å². The minimum Gasteiger partial charge on any atom is -0.313 e. The van der Waals surface area contributed by atoms with Gasteiger partial charge in [-0.25, -0.2) is 0 Å². The molecule has 1 rings (SSSR count). The predicted molar refractivity (Wildman–Crippen MR) is 82.1 cm³/mol. The summed E-state index contributed by atoms with van der Waals surface area (Å²) in [7, 11) is 0. The van der Waals surface area contributed by atoms with Crippen LogP contribution in [0.1, 0.15) is 26.3 Å². The normalized spacial score (nSPS) is 12.6. The van der Waals surface area contributed by atoms with Crippen LogP contribution in [0.25, 0.3) is 0 Å². The van der Waals surface area contributed by atoms with Crippen LogP contribution in [0.5, 0.6) is 0 Å². The molecule has 0 radical (unpaired) electrons. The largest absolute Gasteiger partial charge is 0.313 e. The van der Waals surface area contributed by atoms with Crippen LogP contribution in [0.3, 0.4) is 0 Å². The van der Waals surface area contributed by atoms with Crippen molar-refractivity contribution in [3.8, 4) is 0 Å². The van der Waals surface area contributed by atoms with Crippen molar-refractivity contribution in [1.82, 2.24) is 10.2 Å². The Balaban J connectivity index is 2.31. The first-order valence-electron chi connectivity index (χ1n) is 7.25. The standard InChI is InChI=1S/C15H25N3O2/c1-4-17(5-2)12-13(3)16-11-10-14-6-8-15(9-7-14)18(19)20/h6-9,13,16H,4-5,10-12H2,1-3H3. The fourth-order valence-electron chi connectivity index (χ4n) is 2.18. The van der Waals surface area contributed by atoms with Crippen molar-refractivity contribution in [3.05, 3.63) is 39.9 Å². The van der Waals surface area contributed by atoms with Crippen LogP contribution in [0.15, 0.2) is 24.3 Å². The Bertz CT molecular complexity index is 402. The third-order valence-corrected chi connectivity index (χ3v) is 3.48. The average molecular weight is 279 g/mol. The van der Waals surface area contributed by atoms with Gasteiger partial charge < -0.3 is 10.2 Å². The zero-order chi connectivity index (χ0) is 15.0. The predicted octanol–water partition coefficient (Wildman–Crippen LogP) is 2.46. The molecule has 0 saturated heterocycles. The molecule has 112 valence electrons. The Hall–Kier alpha value is -1.46. The number of nitro groups is 1. The molecule has 0 aliphatic heterocycles. The van der Waals surface area contributed by atoms with E-state index >= 15 is 0 Å². The maximum absolute atomic E-state index is 10.6. The lowest BCUT2D eigenvalue weighted by Crippen LogP contribution is -2.39. The van der Waals surface area contributed by atoms with Gasteiger partial charge >= 0.3 is 0 Å². The van der Waals surface area contributed by atoms with Gasteiger partial charge in [0, 0.05) is 24.7 Å². The molecule has 5 nitrogen and oxygen atoms in total. The first kappa shape index (κ1) is 16.6. The summed E-state index contributed by atoms with van der Waals surface area (Å²) in [6.07, 6.45) is 0.889. The van der Waals surface area contributed by atoms with E-state index in [-0.39, 0.29) is 10.6 Å². The maximum atomic E-state index is 10.6. The molecular formula is C15H25N3O2. The minimum atomic E-state index is -0.367. The number of hydrogen-bond acceptors (Lipinski definition) is 4. The van der Waals surface area contributed by atoms with Crippen molar-refractivity contribution in [2.75, 3.05) is 26.2 Å². The van der Waals surface area contributed by atoms with Gasteiger partial charge in [0.15, 0.2) is 0 Å². The summed E-state index contributed by atoms with van der Waals surface area (Å²) >= 11 is 0. The van der Waals surface area contributed by atoms with Crippen LogP contribution in [0.4, 0.5) is 5.69 Å². The second kappa shape index (κ2) is 8.66. The Morgan fingerprint density at radius 1 is 1.25 bits per heavy atom. The molecule has 1 atom stereocenters. The Kier molecular flexibility index (Phi) is 7.18. The maximum Gasteiger partial charge on any atom is 0.269 e. The number of rotatable bonds is 9. The van der Waals surface area contributed by atoms with Gasteiger partial charge in [-0.1, -0.05) is 26.0 Å². The Morgan fingerprint density at radius 2 is 1.85 bits per heavy atom. The second-order valence-electron chi connectivity index (χ2n) is 5.01. The van der Waals surface area contributed by atoms with Crippen molar-refractivity contribution in [3.63, 3.8) is 0 Å². The van der Waals surface area contributed by atoms with Crippen LogP contribution in [-0.2, 0) is 6.42 Å². The number of hydrogen-bond donors (Lipinski definition) is 1. The zero-order valence-corrected chi connectivity index (χ0v) is 12.6. The van der Waals surface area contributed by atoms with E-state index in [4.69, 9.17) is 0 Å². The van der Waals surface area contributed by atoms with E-state index in [1.165, 1.54) is 0 Å². The number of nitrogens with one attached hydrogen (secondary N) is 1. The summed E-state index contributed by atoms with van der Waals surface area (Å²) in [5.41, 5.74) is 1.27. The van der Waals surface area contributed by atoms with E-state index in [9.17, 15) is 10.1 Å². The highest BCUT2D eigenvalue weighted by Crippen LogP contribution is 2.11. The van der Waals surface area contributed by atoms with E-state index in [1.54, 1.807) is 12.1 Å². The number of likely N-dealkylation sites (N-methyl/N-ethyl adjacent to an activating group) is 1. The van der Waals surface area contributed by atoms with Gasteiger partial charge in [-0.3, -0.25) is 10.1 Å². The van der Waals surface area contributed by atoms with Crippen molar-refractivity contribution < 1.29 is 4.92 Å². The summed E-state index contributed by atoms with van der Waals surface area (Å²) in [5, 5.41) is 14.1. The van der Waals surface area contributed by atoms with E-state index in [1.807, 2.05) is 12.1 Å². The fourth-order valence-corrected chi connectivity index (χ4v) is 2.18. The molecule has 0 aliphatic carbocycles. The monoisotopic (exact) mass is 279 g/mol. The molecule has 20 heavy (non-hydrogen) atoms. The minimum absolute atomic E-state index is 0.150. The Labute approximate surface area is 121 Å². The lowest BCUT2D eigenvalue weighted by Gasteiger charge is -2.23. The molecule has 0 bridgehead atoms. The molecule has 0 heterocycles. The molecule has 1 unspecified atom stereocenters. The van der Waals surface area contributed by atoms with E-state index in [2.05, 4.69) is 31.0 Å². The molecular weight excluding hydrogens is 254 g/mol. The smallest absolute Gasteiger partial charge is 0.269 e. The molecule has 0 aromatic heterocycles. The summed E-state index contributed by atoms with van der Waals surface area (Å²) in [4.78, 5) is 12.6. The lowest BCUT2D eigenvalue weighted by atomic mass is 10.1. The van der Waals surface area contributed by atoms with Gasteiger partial charge in [0.05, 0.1) is 4.92 Å². The van der Waals surface area contributed by atoms with Crippen molar-refractivity contribution in [2.45, 2.75) is 33.2 Å². The third-order valence-electron chi connectivity index (χ3n) is 3.48. The molecule has 0 spiro atoms. The molecule has 0 fully saturated rings. The van der Waals surface area contributed by atoms with Crippen LogP contribution in [0, 0.1) is 10.1 Å². The summed E-state index contributed by atoms with van der Waals surface area (Å²) in [5.74, 6) is 0. The molecule has 0 saturated carbocycles. The van der Waals surface area contributed by atoms with Gasteiger partial charge in [0.25, 0.3) is 5.69 Å². The van der Waals surface area contributed by atoms with Gasteiger partial charge in [-0.2, -0.15) is 0 Å². The highest BCUT2D eigenvalue weighted by atomic mass is 16.6. The molecule has 5 heteroatoms. The number of nitrogens with zero attached hydrogens (tertiary/aromatic N) is 2. The first-order chi connectivity index (χ1) is 9.56. The first-order valence-corrected chi connectivity index (χ1v) is 7.25. The third kappa shape index (κ3) is 5.67. The lowest BCUT2D eigenvalue weighted by molar-refractivity contribution is -0.384. The molecule has 1 N–H and O–H groups in total. The number of benzene rings is 1. The highest BCUT2D eigenvalue weighted by Gasteiger charge is 2.07. The highest BCUT2D eigenvalue weighted by molar-refractivity contribution is 5.32. The van der Waals surface area contributed by atoms with Crippen LogP contribution < -0.4 is 5.32 Å². The van der Waals surface area contributed by atoms with Crippen LogP contribution in [0.2, 0.25) is 0 Å². The molecule has 1 aromatic rings. The molecule has 0 amide bonds. The topological polar surface area (TPSA) is 58.4 Å². The van der Waals surface area contributed by atoms with E-state index < -0.39 is 0 Å². The van der Waals surface area contributed by atoms with Gasteiger partial charge in [-0.15, -0.1) is 0 Å². The quantitative estimate of drug-likeness (QED) is 0.557. The van der Waals surface area contributed by atoms with Crippen LogP contribution >= 0.6 is 0 Å². The average Bonchev–Trinajstić information content (AvgIpc) is 2.45. The van der Waals surface area contributed by atoms with Crippen molar-refractivity contribution in [2.24, 2.45) is 0 Å². The summed E-state index contributed by atoms with van der Waals surface area (Å²) in [6.45, 7) is 10.6. The summed E-state index contributed by atoms with van der Waals surface area (Å²) in [6, 6.07) is 7.24. The number of nitro benzene ring substituents is 1. The molecule has 0 aliphatic rings. The fraction of sp³-hybridized carbons (Fsp3) is 0.600. The second-order valence-corrected chi connectivity index (χ2v) is 5.01. The van der Waals surface area contributed by atoms with Gasteiger partial charge in [-0.05, 0) is 38.5 Å². The molecule has 1 aromatic carbocycles. The van der Waals surface area contributed by atoms with E-state index in [0.29, 0.717) is 6.04 Å². The van der Waals surface area contributed by atoms with Crippen LogP contribution in [-0.4, -0.2) is 42.0 Å². The van der Waals surface area contributed by atoms with E-state index in [0.717, 1.165) is 38.2 Å².